The van der Waals surface area contributed by atoms with Crippen molar-refractivity contribution in [3.8, 4) is 11.5 Å². The van der Waals surface area contributed by atoms with Crippen molar-refractivity contribution in [3.05, 3.63) is 54.4 Å². The number of hydrogen-bond acceptors (Lipinski definition) is 2. The van der Waals surface area contributed by atoms with Gasteiger partial charge in [-0.1, -0.05) is 31.5 Å². The fourth-order valence-electron chi connectivity index (χ4n) is 1.54. The molecule has 2 aromatic rings. The van der Waals surface area contributed by atoms with E-state index in [2.05, 4.69) is 11.9 Å². The topological polar surface area (TPSA) is 22.1 Å². The third-order valence-electron chi connectivity index (χ3n) is 2.27. The van der Waals surface area contributed by atoms with Crippen LogP contribution in [0.2, 0.25) is 0 Å². The van der Waals surface area contributed by atoms with E-state index in [1.54, 1.807) is 6.20 Å². The average molecular weight is 213 g/mol. The summed E-state index contributed by atoms with van der Waals surface area (Å²) in [6, 6.07) is 13.7. The minimum Gasteiger partial charge on any atom is -0.457 e. The van der Waals surface area contributed by atoms with Gasteiger partial charge in [0.15, 0.2) is 0 Å². The van der Waals surface area contributed by atoms with Crippen LogP contribution in [0.25, 0.3) is 0 Å². The zero-order valence-corrected chi connectivity index (χ0v) is 9.39. The van der Waals surface area contributed by atoms with Crippen LogP contribution in [-0.4, -0.2) is 4.98 Å². The number of pyridine rings is 1. The van der Waals surface area contributed by atoms with Crippen LogP contribution in [0.1, 0.15) is 19.0 Å². The molecule has 2 heteroatoms. The highest BCUT2D eigenvalue weighted by Crippen LogP contribution is 2.20. The number of nitrogens with zero attached hydrogens (tertiary/aromatic N) is 1. The predicted octanol–water partition coefficient (Wildman–Crippen LogP) is 3.83. The molecule has 0 aliphatic carbocycles. The van der Waals surface area contributed by atoms with Crippen molar-refractivity contribution < 1.29 is 4.74 Å². The molecule has 82 valence electrons. The van der Waals surface area contributed by atoms with Gasteiger partial charge < -0.3 is 4.74 Å². The van der Waals surface area contributed by atoms with Crippen LogP contribution >= 0.6 is 0 Å². The first kappa shape index (κ1) is 10.7. The molecule has 1 heterocycles. The van der Waals surface area contributed by atoms with E-state index in [9.17, 15) is 0 Å². The maximum absolute atomic E-state index is 5.73. The minimum absolute atomic E-state index is 0.852. The molecule has 2 rings (SSSR count). The van der Waals surface area contributed by atoms with E-state index in [-0.39, 0.29) is 0 Å². The molecule has 0 N–H and O–H groups in total. The third kappa shape index (κ3) is 2.83. The monoisotopic (exact) mass is 213 g/mol. The number of rotatable bonds is 4. The Bertz CT molecular complexity index is 439. The summed E-state index contributed by atoms with van der Waals surface area (Å²) in [5, 5.41) is 0. The summed E-state index contributed by atoms with van der Waals surface area (Å²) < 4.78 is 5.73. The fourth-order valence-corrected chi connectivity index (χ4v) is 1.54. The zero-order valence-electron chi connectivity index (χ0n) is 9.39. The van der Waals surface area contributed by atoms with Gasteiger partial charge in [0.2, 0.25) is 0 Å². The van der Waals surface area contributed by atoms with Gasteiger partial charge in [-0.05, 0) is 24.6 Å². The van der Waals surface area contributed by atoms with Gasteiger partial charge >= 0.3 is 0 Å². The van der Waals surface area contributed by atoms with Crippen molar-refractivity contribution >= 4 is 0 Å². The van der Waals surface area contributed by atoms with E-state index in [1.165, 1.54) is 0 Å². The summed E-state index contributed by atoms with van der Waals surface area (Å²) in [5.41, 5.74) is 1.08. The Kier molecular flexibility index (Phi) is 3.54. The van der Waals surface area contributed by atoms with Gasteiger partial charge in [-0.15, -0.1) is 0 Å². The number of aryl methyl sites for hydroxylation is 1. The first-order chi connectivity index (χ1) is 7.88. The molecular weight excluding hydrogens is 198 g/mol. The van der Waals surface area contributed by atoms with Crippen LogP contribution in [0.3, 0.4) is 0 Å². The van der Waals surface area contributed by atoms with Gasteiger partial charge in [0, 0.05) is 18.0 Å². The molecule has 0 saturated heterocycles. The van der Waals surface area contributed by atoms with E-state index in [0.29, 0.717) is 0 Å². The maximum atomic E-state index is 5.73. The molecule has 0 aliphatic rings. The molecule has 0 amide bonds. The Hall–Kier alpha value is -1.83. The molecular formula is C14H15NO. The number of hydrogen-bond donors (Lipinski definition) is 0. The normalized spacial score (nSPS) is 10.1. The summed E-state index contributed by atoms with van der Waals surface area (Å²) in [4.78, 5) is 4.29. The van der Waals surface area contributed by atoms with Crippen LogP contribution in [0, 0.1) is 0 Å². The van der Waals surface area contributed by atoms with Crippen molar-refractivity contribution in [3.63, 3.8) is 0 Å². The maximum Gasteiger partial charge on any atom is 0.130 e. The average Bonchev–Trinajstić information content (AvgIpc) is 2.31. The summed E-state index contributed by atoms with van der Waals surface area (Å²) in [7, 11) is 0. The number of ether oxygens (including phenoxy) is 1. The standard InChI is InChI=1S/C14H15NO/c1-2-6-12-11-14(9-10-15-12)16-13-7-4-3-5-8-13/h3-5,7-11H,2,6H2,1H3. The van der Waals surface area contributed by atoms with Crippen molar-refractivity contribution in [1.29, 1.82) is 0 Å². The van der Waals surface area contributed by atoms with E-state index in [0.717, 1.165) is 30.0 Å². The Morgan fingerprint density at radius 3 is 2.62 bits per heavy atom. The Labute approximate surface area is 95.9 Å². The Balaban J connectivity index is 2.12. The second-order valence-corrected chi connectivity index (χ2v) is 3.65. The van der Waals surface area contributed by atoms with Gasteiger partial charge in [0.1, 0.15) is 11.5 Å². The highest BCUT2D eigenvalue weighted by molar-refractivity contribution is 5.30. The molecule has 16 heavy (non-hydrogen) atoms. The highest BCUT2D eigenvalue weighted by atomic mass is 16.5. The number of para-hydroxylation sites is 1. The molecule has 0 fully saturated rings. The molecule has 0 atom stereocenters. The lowest BCUT2D eigenvalue weighted by atomic mass is 10.2. The lowest BCUT2D eigenvalue weighted by Crippen LogP contribution is -1.90. The SMILES string of the molecule is CCCc1cc(Oc2ccccc2)ccn1. The van der Waals surface area contributed by atoms with Crippen molar-refractivity contribution in [2.45, 2.75) is 19.8 Å². The first-order valence-electron chi connectivity index (χ1n) is 5.56. The number of aromatic nitrogens is 1. The second-order valence-electron chi connectivity index (χ2n) is 3.65. The van der Waals surface area contributed by atoms with Gasteiger partial charge in [0.25, 0.3) is 0 Å². The summed E-state index contributed by atoms with van der Waals surface area (Å²) >= 11 is 0. The van der Waals surface area contributed by atoms with E-state index >= 15 is 0 Å². The van der Waals surface area contributed by atoms with Crippen LogP contribution in [0.5, 0.6) is 11.5 Å². The van der Waals surface area contributed by atoms with Crippen molar-refractivity contribution in [1.82, 2.24) is 4.98 Å². The molecule has 0 spiro atoms. The van der Waals surface area contributed by atoms with Gasteiger partial charge in [-0.3, -0.25) is 4.98 Å². The fraction of sp³-hybridized carbons (Fsp3) is 0.214. The summed E-state index contributed by atoms with van der Waals surface area (Å²) in [6.45, 7) is 2.15. The van der Waals surface area contributed by atoms with Gasteiger partial charge in [0.05, 0.1) is 0 Å². The van der Waals surface area contributed by atoms with Crippen LogP contribution < -0.4 is 4.74 Å². The smallest absolute Gasteiger partial charge is 0.130 e. The van der Waals surface area contributed by atoms with E-state index in [1.807, 2.05) is 42.5 Å². The lowest BCUT2D eigenvalue weighted by Gasteiger charge is -2.06. The van der Waals surface area contributed by atoms with Crippen molar-refractivity contribution in [2.75, 3.05) is 0 Å². The van der Waals surface area contributed by atoms with E-state index < -0.39 is 0 Å². The van der Waals surface area contributed by atoms with E-state index in [4.69, 9.17) is 4.74 Å². The van der Waals surface area contributed by atoms with Crippen molar-refractivity contribution in [2.24, 2.45) is 0 Å². The molecule has 0 bridgehead atoms. The van der Waals surface area contributed by atoms with Gasteiger partial charge in [-0.2, -0.15) is 0 Å². The molecule has 0 aliphatic heterocycles. The van der Waals surface area contributed by atoms with Crippen LogP contribution in [-0.2, 0) is 6.42 Å². The molecule has 2 nitrogen and oxygen atoms in total. The largest absolute Gasteiger partial charge is 0.457 e. The molecule has 1 aromatic heterocycles. The third-order valence-corrected chi connectivity index (χ3v) is 2.27. The predicted molar refractivity (Wildman–Crippen MR) is 64.7 cm³/mol. The van der Waals surface area contributed by atoms with Gasteiger partial charge in [-0.25, -0.2) is 0 Å². The second kappa shape index (κ2) is 5.31. The minimum atomic E-state index is 0.852. The Morgan fingerprint density at radius 2 is 1.88 bits per heavy atom. The molecule has 0 radical (unpaired) electrons. The number of benzene rings is 1. The quantitative estimate of drug-likeness (QED) is 0.770. The van der Waals surface area contributed by atoms with Crippen LogP contribution in [0.4, 0.5) is 0 Å². The summed E-state index contributed by atoms with van der Waals surface area (Å²) in [6.07, 6.45) is 3.89. The Morgan fingerprint density at radius 1 is 1.06 bits per heavy atom. The summed E-state index contributed by atoms with van der Waals surface area (Å²) in [5.74, 6) is 1.71. The highest BCUT2D eigenvalue weighted by Gasteiger charge is 1.98. The lowest BCUT2D eigenvalue weighted by molar-refractivity contribution is 0.481. The molecule has 0 saturated carbocycles. The van der Waals surface area contributed by atoms with Crippen LogP contribution in [0.15, 0.2) is 48.7 Å². The first-order valence-corrected chi connectivity index (χ1v) is 5.56. The molecule has 1 aromatic carbocycles. The molecule has 0 unspecified atom stereocenters. The zero-order chi connectivity index (χ0) is 11.2.